The van der Waals surface area contributed by atoms with Gasteiger partial charge in [-0.15, -0.1) is 0 Å². The summed E-state index contributed by atoms with van der Waals surface area (Å²) in [7, 11) is 4.14. The number of nitrogens with one attached hydrogen (secondary N) is 1. The highest BCUT2D eigenvalue weighted by molar-refractivity contribution is 5.91. The highest BCUT2D eigenvalue weighted by atomic mass is 16.4. The summed E-state index contributed by atoms with van der Waals surface area (Å²) in [6.07, 6.45) is 2.82. The van der Waals surface area contributed by atoms with Gasteiger partial charge in [0.15, 0.2) is 5.56 Å². The fraction of sp³-hybridized carbons (Fsp3) is 0.389. The quantitative estimate of drug-likeness (QED) is 0.755. The molecule has 1 atom stereocenters. The summed E-state index contributed by atoms with van der Waals surface area (Å²) in [5.41, 5.74) is 0.542. The molecule has 0 saturated carbocycles. The van der Waals surface area contributed by atoms with Crippen molar-refractivity contribution in [2.45, 2.75) is 19.4 Å². The summed E-state index contributed by atoms with van der Waals surface area (Å²) in [4.78, 5) is 34.4. The van der Waals surface area contributed by atoms with E-state index >= 15 is 0 Å². The molecule has 0 spiro atoms. The molecule has 0 amide bonds. The third kappa shape index (κ3) is 3.15. The van der Waals surface area contributed by atoms with Crippen LogP contribution in [-0.4, -0.2) is 64.3 Å². The van der Waals surface area contributed by atoms with Crippen LogP contribution in [0.15, 0.2) is 23.1 Å². The number of H-pyrrole nitrogens is 1. The Morgan fingerprint density at radius 1 is 1.38 bits per heavy atom. The van der Waals surface area contributed by atoms with Crippen molar-refractivity contribution in [2.24, 2.45) is 0 Å². The zero-order chi connectivity index (χ0) is 19.0. The zero-order valence-electron chi connectivity index (χ0n) is 15.0. The lowest BCUT2D eigenvalue weighted by atomic mass is 10.1. The standard InChI is InChI=1S/C18H22N4O4/c1-10-15(20-17(24)14(16(10)23)18(25)26)13-5-4-11(8-19-13)22-7-6-12(9-22)21(2)3/h4-5,8,12H,6-7,9H2,1-3H3,(H,25,26)(H2,20,23,24). The van der Waals surface area contributed by atoms with Gasteiger partial charge in [-0.05, 0) is 39.6 Å². The Morgan fingerprint density at radius 2 is 2.12 bits per heavy atom. The number of aromatic nitrogens is 2. The monoisotopic (exact) mass is 358 g/mol. The molecule has 8 nitrogen and oxygen atoms in total. The smallest absolute Gasteiger partial charge is 0.345 e. The molecule has 3 heterocycles. The van der Waals surface area contributed by atoms with Crippen molar-refractivity contribution in [2.75, 3.05) is 32.1 Å². The highest BCUT2D eigenvalue weighted by Gasteiger charge is 2.25. The zero-order valence-corrected chi connectivity index (χ0v) is 15.0. The Kier molecular flexibility index (Phi) is 4.69. The van der Waals surface area contributed by atoms with Crippen LogP contribution in [0, 0.1) is 6.92 Å². The molecule has 1 aliphatic heterocycles. The molecule has 26 heavy (non-hydrogen) atoms. The Morgan fingerprint density at radius 3 is 2.65 bits per heavy atom. The lowest BCUT2D eigenvalue weighted by Crippen LogP contribution is -2.31. The van der Waals surface area contributed by atoms with E-state index < -0.39 is 22.8 Å². The van der Waals surface area contributed by atoms with Crippen LogP contribution in [0.3, 0.4) is 0 Å². The maximum Gasteiger partial charge on any atom is 0.345 e. The molecule has 1 aliphatic rings. The number of hydrogen-bond acceptors (Lipinski definition) is 6. The largest absolute Gasteiger partial charge is 0.506 e. The van der Waals surface area contributed by atoms with Gasteiger partial charge in [-0.3, -0.25) is 9.78 Å². The number of anilines is 1. The molecule has 1 unspecified atom stereocenters. The summed E-state index contributed by atoms with van der Waals surface area (Å²) < 4.78 is 0. The molecule has 3 N–H and O–H groups in total. The molecular weight excluding hydrogens is 336 g/mol. The average molecular weight is 358 g/mol. The van der Waals surface area contributed by atoms with E-state index in [1.165, 1.54) is 0 Å². The third-order valence-corrected chi connectivity index (χ3v) is 4.91. The number of rotatable bonds is 4. The van der Waals surface area contributed by atoms with Gasteiger partial charge >= 0.3 is 5.97 Å². The fourth-order valence-corrected chi connectivity index (χ4v) is 3.26. The number of carbonyl (C=O) groups is 1. The Hall–Kier alpha value is -2.87. The van der Waals surface area contributed by atoms with E-state index in [4.69, 9.17) is 5.11 Å². The van der Waals surface area contributed by atoms with Crippen LogP contribution in [0.5, 0.6) is 5.75 Å². The summed E-state index contributed by atoms with van der Waals surface area (Å²) in [5, 5.41) is 19.1. The lowest BCUT2D eigenvalue weighted by Gasteiger charge is -2.21. The second-order valence-corrected chi connectivity index (χ2v) is 6.74. The normalized spacial score (nSPS) is 17.1. The van der Waals surface area contributed by atoms with Crippen LogP contribution in [-0.2, 0) is 0 Å². The summed E-state index contributed by atoms with van der Waals surface area (Å²) >= 11 is 0. The third-order valence-electron chi connectivity index (χ3n) is 4.91. The second kappa shape index (κ2) is 6.80. The Balaban J connectivity index is 1.90. The number of hydrogen-bond donors (Lipinski definition) is 3. The van der Waals surface area contributed by atoms with Gasteiger partial charge in [0.2, 0.25) is 0 Å². The van der Waals surface area contributed by atoms with Crippen LogP contribution in [0.1, 0.15) is 22.3 Å². The second-order valence-electron chi connectivity index (χ2n) is 6.74. The molecule has 1 fully saturated rings. The molecule has 0 aromatic carbocycles. The van der Waals surface area contributed by atoms with E-state index in [2.05, 4.69) is 33.9 Å². The Labute approximate surface area is 150 Å². The van der Waals surface area contributed by atoms with Crippen LogP contribution < -0.4 is 10.5 Å². The lowest BCUT2D eigenvalue weighted by molar-refractivity contribution is 0.0691. The first-order chi connectivity index (χ1) is 12.3. The first-order valence-electron chi connectivity index (χ1n) is 8.36. The summed E-state index contributed by atoms with van der Waals surface area (Å²) in [5.74, 6) is -2.00. The minimum absolute atomic E-state index is 0.274. The number of aromatic hydroxyl groups is 1. The van der Waals surface area contributed by atoms with Gasteiger partial charge in [-0.1, -0.05) is 0 Å². The van der Waals surface area contributed by atoms with E-state index in [0.717, 1.165) is 25.2 Å². The molecule has 0 radical (unpaired) electrons. The van der Waals surface area contributed by atoms with Gasteiger partial charge in [-0.2, -0.15) is 0 Å². The molecule has 2 aromatic heterocycles. The Bertz CT molecular complexity index is 889. The highest BCUT2D eigenvalue weighted by Crippen LogP contribution is 2.29. The number of carboxylic acids is 1. The van der Waals surface area contributed by atoms with E-state index in [1.807, 2.05) is 6.07 Å². The van der Waals surface area contributed by atoms with Crippen molar-refractivity contribution in [3.05, 3.63) is 39.8 Å². The molecular formula is C18H22N4O4. The van der Waals surface area contributed by atoms with Crippen molar-refractivity contribution >= 4 is 11.7 Å². The van der Waals surface area contributed by atoms with Crippen molar-refractivity contribution < 1.29 is 15.0 Å². The van der Waals surface area contributed by atoms with E-state index in [9.17, 15) is 14.7 Å². The fourth-order valence-electron chi connectivity index (χ4n) is 3.26. The topological polar surface area (TPSA) is 110 Å². The minimum Gasteiger partial charge on any atom is -0.506 e. The molecule has 2 aromatic rings. The van der Waals surface area contributed by atoms with Gasteiger partial charge in [0.1, 0.15) is 5.75 Å². The van der Waals surface area contributed by atoms with Gasteiger partial charge in [-0.25, -0.2) is 4.79 Å². The average Bonchev–Trinajstić information content (AvgIpc) is 3.08. The predicted octanol–water partition coefficient (Wildman–Crippen LogP) is 1.29. The van der Waals surface area contributed by atoms with Crippen molar-refractivity contribution in [1.82, 2.24) is 14.9 Å². The van der Waals surface area contributed by atoms with E-state index in [1.54, 1.807) is 19.2 Å². The molecule has 8 heteroatoms. The number of likely N-dealkylation sites (N-methyl/N-ethyl adjacent to an activating group) is 1. The van der Waals surface area contributed by atoms with Crippen LogP contribution in [0.2, 0.25) is 0 Å². The van der Waals surface area contributed by atoms with Gasteiger partial charge in [0.05, 0.1) is 23.3 Å². The summed E-state index contributed by atoms with van der Waals surface area (Å²) in [6, 6.07) is 4.19. The van der Waals surface area contributed by atoms with Crippen LogP contribution >= 0.6 is 0 Å². The van der Waals surface area contributed by atoms with E-state index in [-0.39, 0.29) is 5.56 Å². The predicted molar refractivity (Wildman–Crippen MR) is 98.0 cm³/mol. The first-order valence-corrected chi connectivity index (χ1v) is 8.36. The maximum atomic E-state index is 12.0. The van der Waals surface area contributed by atoms with Crippen molar-refractivity contribution in [3.63, 3.8) is 0 Å². The minimum atomic E-state index is -1.47. The SMILES string of the molecule is Cc1c(-c2ccc(N3CCC(N(C)C)C3)cn2)[nH]c(=O)c(C(=O)O)c1O. The van der Waals surface area contributed by atoms with Gasteiger partial charge < -0.3 is 25.0 Å². The molecule has 0 bridgehead atoms. The van der Waals surface area contributed by atoms with Crippen molar-refractivity contribution in [3.8, 4) is 17.1 Å². The first kappa shape index (κ1) is 17.9. The molecule has 1 saturated heterocycles. The van der Waals surface area contributed by atoms with Crippen LogP contribution in [0.25, 0.3) is 11.4 Å². The molecule has 3 rings (SSSR count). The molecule has 138 valence electrons. The number of pyridine rings is 2. The summed E-state index contributed by atoms with van der Waals surface area (Å²) in [6.45, 7) is 3.43. The number of nitrogens with zero attached hydrogens (tertiary/aromatic N) is 3. The van der Waals surface area contributed by atoms with Gasteiger partial charge in [0.25, 0.3) is 5.56 Å². The van der Waals surface area contributed by atoms with E-state index in [0.29, 0.717) is 17.4 Å². The number of carboxylic acid groups (broad SMARTS) is 1. The van der Waals surface area contributed by atoms with Gasteiger partial charge in [0, 0.05) is 24.7 Å². The maximum absolute atomic E-state index is 12.0. The molecule has 0 aliphatic carbocycles. The number of aromatic carboxylic acids is 1. The van der Waals surface area contributed by atoms with Crippen LogP contribution in [0.4, 0.5) is 5.69 Å². The number of aromatic amines is 1. The van der Waals surface area contributed by atoms with Crippen molar-refractivity contribution in [1.29, 1.82) is 0 Å².